The smallest absolute Gasteiger partial charge is 0.212 e. The van der Waals surface area contributed by atoms with Crippen molar-refractivity contribution in [1.29, 1.82) is 0 Å². The van der Waals surface area contributed by atoms with Crippen LogP contribution in [0, 0.1) is 6.92 Å². The van der Waals surface area contributed by atoms with E-state index in [1.165, 1.54) is 0 Å². The summed E-state index contributed by atoms with van der Waals surface area (Å²) in [6.07, 6.45) is 3.62. The van der Waals surface area contributed by atoms with Crippen LogP contribution in [-0.4, -0.2) is 26.9 Å². The lowest BCUT2D eigenvalue weighted by molar-refractivity contribution is 0.397. The number of methoxy groups -OCH3 is 1. The molecule has 0 aliphatic heterocycles. The average Bonchev–Trinajstić information content (AvgIpc) is 2.80. The third kappa shape index (κ3) is 2.65. The SMILES string of the molecule is COc1ccc(CNc2cnc3c(c2)c(C)nn3C)cn1. The Morgan fingerprint density at radius 3 is 2.81 bits per heavy atom. The van der Waals surface area contributed by atoms with Crippen molar-refractivity contribution in [2.45, 2.75) is 13.5 Å². The molecule has 0 saturated carbocycles. The molecule has 6 nitrogen and oxygen atoms in total. The summed E-state index contributed by atoms with van der Waals surface area (Å²) in [5.41, 5.74) is 3.92. The second-order valence-electron chi connectivity index (χ2n) is 4.87. The van der Waals surface area contributed by atoms with Crippen molar-refractivity contribution in [3.63, 3.8) is 0 Å². The fraction of sp³-hybridized carbons (Fsp3) is 0.267. The van der Waals surface area contributed by atoms with Crippen molar-refractivity contribution in [2.75, 3.05) is 12.4 Å². The van der Waals surface area contributed by atoms with Gasteiger partial charge in [-0.2, -0.15) is 5.10 Å². The van der Waals surface area contributed by atoms with Gasteiger partial charge in [0.15, 0.2) is 5.65 Å². The molecule has 6 heteroatoms. The van der Waals surface area contributed by atoms with Crippen LogP contribution >= 0.6 is 0 Å². The first kappa shape index (κ1) is 13.4. The Balaban J connectivity index is 1.76. The summed E-state index contributed by atoms with van der Waals surface area (Å²) in [7, 11) is 3.51. The Labute approximate surface area is 122 Å². The number of fused-ring (bicyclic) bond motifs is 1. The number of pyridine rings is 2. The molecule has 0 unspecified atom stereocenters. The maximum absolute atomic E-state index is 5.04. The highest BCUT2D eigenvalue weighted by Crippen LogP contribution is 2.19. The number of rotatable bonds is 4. The van der Waals surface area contributed by atoms with Gasteiger partial charge >= 0.3 is 0 Å². The van der Waals surface area contributed by atoms with Crippen molar-refractivity contribution in [3.05, 3.63) is 41.9 Å². The van der Waals surface area contributed by atoms with E-state index < -0.39 is 0 Å². The van der Waals surface area contributed by atoms with Gasteiger partial charge in [0.1, 0.15) is 0 Å². The van der Waals surface area contributed by atoms with E-state index in [2.05, 4.69) is 26.4 Å². The molecular formula is C15H17N5O. The van der Waals surface area contributed by atoms with E-state index >= 15 is 0 Å². The van der Waals surface area contributed by atoms with Crippen LogP contribution in [0.5, 0.6) is 5.88 Å². The zero-order valence-electron chi connectivity index (χ0n) is 12.3. The minimum absolute atomic E-state index is 0.618. The summed E-state index contributed by atoms with van der Waals surface area (Å²) in [5, 5.41) is 8.78. The van der Waals surface area contributed by atoms with E-state index in [4.69, 9.17) is 4.74 Å². The maximum atomic E-state index is 5.04. The van der Waals surface area contributed by atoms with Crippen molar-refractivity contribution in [2.24, 2.45) is 7.05 Å². The predicted molar refractivity (Wildman–Crippen MR) is 81.4 cm³/mol. The summed E-state index contributed by atoms with van der Waals surface area (Å²) in [6.45, 7) is 2.67. The average molecular weight is 283 g/mol. The number of nitrogens with zero attached hydrogens (tertiary/aromatic N) is 4. The zero-order chi connectivity index (χ0) is 14.8. The first-order chi connectivity index (χ1) is 10.2. The quantitative estimate of drug-likeness (QED) is 0.796. The monoisotopic (exact) mass is 283 g/mol. The van der Waals surface area contributed by atoms with Gasteiger partial charge < -0.3 is 10.1 Å². The van der Waals surface area contributed by atoms with E-state index in [9.17, 15) is 0 Å². The molecule has 0 radical (unpaired) electrons. The number of anilines is 1. The van der Waals surface area contributed by atoms with Crippen molar-refractivity contribution < 1.29 is 4.74 Å². The standard InChI is InChI=1S/C15H17N5O/c1-10-13-6-12(9-18-15(13)20(2)19-10)16-7-11-4-5-14(21-3)17-8-11/h4-6,8-9,16H,7H2,1-3H3. The van der Waals surface area contributed by atoms with Crippen molar-refractivity contribution in [3.8, 4) is 5.88 Å². The van der Waals surface area contributed by atoms with Gasteiger partial charge in [0.05, 0.1) is 24.7 Å². The summed E-state index contributed by atoms with van der Waals surface area (Å²) < 4.78 is 6.84. The Morgan fingerprint density at radius 1 is 1.24 bits per heavy atom. The van der Waals surface area contributed by atoms with E-state index in [1.807, 2.05) is 32.3 Å². The van der Waals surface area contributed by atoms with E-state index in [-0.39, 0.29) is 0 Å². The lowest BCUT2D eigenvalue weighted by Crippen LogP contribution is -2.01. The molecule has 21 heavy (non-hydrogen) atoms. The minimum atomic E-state index is 0.618. The lowest BCUT2D eigenvalue weighted by atomic mass is 10.2. The van der Waals surface area contributed by atoms with Crippen LogP contribution < -0.4 is 10.1 Å². The van der Waals surface area contributed by atoms with Gasteiger partial charge in [-0.25, -0.2) is 9.97 Å². The second-order valence-corrected chi connectivity index (χ2v) is 4.87. The summed E-state index contributed by atoms with van der Waals surface area (Å²) in [5.74, 6) is 0.618. The van der Waals surface area contributed by atoms with Crippen molar-refractivity contribution >= 4 is 16.7 Å². The normalized spacial score (nSPS) is 10.8. The third-order valence-electron chi connectivity index (χ3n) is 3.37. The first-order valence-corrected chi connectivity index (χ1v) is 6.69. The van der Waals surface area contributed by atoms with Crippen LogP contribution in [0.15, 0.2) is 30.6 Å². The fourth-order valence-corrected chi connectivity index (χ4v) is 2.24. The summed E-state index contributed by atoms with van der Waals surface area (Å²) >= 11 is 0. The number of ether oxygens (including phenoxy) is 1. The topological polar surface area (TPSA) is 64.9 Å². The molecule has 0 spiro atoms. The van der Waals surface area contributed by atoms with Crippen LogP contribution in [0.25, 0.3) is 11.0 Å². The summed E-state index contributed by atoms with van der Waals surface area (Å²) in [4.78, 5) is 8.63. The van der Waals surface area contributed by atoms with E-state index in [1.54, 1.807) is 18.0 Å². The zero-order valence-corrected chi connectivity index (χ0v) is 12.3. The number of nitrogens with one attached hydrogen (secondary N) is 1. The van der Waals surface area contributed by atoms with Crippen LogP contribution in [0.4, 0.5) is 5.69 Å². The number of hydrogen-bond donors (Lipinski definition) is 1. The molecular weight excluding hydrogens is 266 g/mol. The molecule has 0 aromatic carbocycles. The third-order valence-corrected chi connectivity index (χ3v) is 3.37. The van der Waals surface area contributed by atoms with Crippen LogP contribution in [0.2, 0.25) is 0 Å². The molecule has 3 rings (SSSR count). The molecule has 1 N–H and O–H groups in total. The number of hydrogen-bond acceptors (Lipinski definition) is 5. The molecule has 0 aliphatic rings. The maximum Gasteiger partial charge on any atom is 0.212 e. The van der Waals surface area contributed by atoms with Crippen LogP contribution in [0.1, 0.15) is 11.3 Å². The van der Waals surface area contributed by atoms with Gasteiger partial charge in [0.25, 0.3) is 0 Å². The number of aromatic nitrogens is 4. The second kappa shape index (κ2) is 5.40. The predicted octanol–water partition coefficient (Wildman–Crippen LogP) is 2.29. The van der Waals surface area contributed by atoms with Gasteiger partial charge in [-0.3, -0.25) is 4.68 Å². The van der Waals surface area contributed by atoms with Gasteiger partial charge in [0.2, 0.25) is 5.88 Å². The fourth-order valence-electron chi connectivity index (χ4n) is 2.24. The van der Waals surface area contributed by atoms with Crippen molar-refractivity contribution in [1.82, 2.24) is 19.7 Å². The molecule has 0 bridgehead atoms. The lowest BCUT2D eigenvalue weighted by Gasteiger charge is -2.07. The molecule has 3 heterocycles. The highest BCUT2D eigenvalue weighted by molar-refractivity contribution is 5.81. The Kier molecular flexibility index (Phi) is 3.43. The van der Waals surface area contributed by atoms with Crippen LogP contribution in [0.3, 0.4) is 0 Å². The highest BCUT2D eigenvalue weighted by atomic mass is 16.5. The largest absolute Gasteiger partial charge is 0.481 e. The van der Waals surface area contributed by atoms with Gasteiger partial charge in [-0.15, -0.1) is 0 Å². The molecule has 0 saturated heterocycles. The minimum Gasteiger partial charge on any atom is -0.481 e. The summed E-state index contributed by atoms with van der Waals surface area (Å²) in [6, 6.07) is 5.91. The Bertz CT molecular complexity index is 764. The highest BCUT2D eigenvalue weighted by Gasteiger charge is 2.06. The van der Waals surface area contributed by atoms with Gasteiger partial charge in [-0.1, -0.05) is 6.07 Å². The number of aryl methyl sites for hydroxylation is 2. The van der Waals surface area contributed by atoms with Gasteiger partial charge in [-0.05, 0) is 18.6 Å². The van der Waals surface area contributed by atoms with Gasteiger partial charge in [0, 0.05) is 31.2 Å². The van der Waals surface area contributed by atoms with E-state index in [0.717, 1.165) is 28.0 Å². The first-order valence-electron chi connectivity index (χ1n) is 6.69. The molecule has 3 aromatic rings. The Morgan fingerprint density at radius 2 is 2.10 bits per heavy atom. The molecule has 0 amide bonds. The van der Waals surface area contributed by atoms with E-state index in [0.29, 0.717) is 12.4 Å². The molecule has 3 aromatic heterocycles. The van der Waals surface area contributed by atoms with Crippen LogP contribution in [-0.2, 0) is 13.6 Å². The molecule has 108 valence electrons. The molecule has 0 aliphatic carbocycles. The molecule has 0 fully saturated rings. The Hall–Kier alpha value is -2.63. The molecule has 0 atom stereocenters.